The summed E-state index contributed by atoms with van der Waals surface area (Å²) < 4.78 is 27.5. The van der Waals surface area contributed by atoms with Gasteiger partial charge in [0.25, 0.3) is 11.5 Å². The number of hydrogen-bond acceptors (Lipinski definition) is 4. The van der Waals surface area contributed by atoms with E-state index >= 15 is 0 Å². The Balaban J connectivity index is 1.37. The number of aromatic nitrogens is 2. The molecule has 2 aromatic carbocycles. The summed E-state index contributed by atoms with van der Waals surface area (Å²) in [5, 5.41) is 10.4. The normalized spacial score (nSPS) is 17.4. The molecule has 1 aliphatic heterocycles. The second-order valence-electron chi connectivity index (χ2n) is 8.84. The van der Waals surface area contributed by atoms with Crippen LogP contribution in [0.4, 0.5) is 8.78 Å². The van der Waals surface area contributed by atoms with Crippen molar-refractivity contribution >= 4 is 5.91 Å². The predicted octanol–water partition coefficient (Wildman–Crippen LogP) is 2.94. The second kappa shape index (κ2) is 8.19. The molecule has 0 radical (unpaired) electrons. The third kappa shape index (κ3) is 3.95. The van der Waals surface area contributed by atoms with Crippen LogP contribution in [-0.4, -0.2) is 32.4 Å². The number of rotatable bonds is 5. The lowest BCUT2D eigenvalue weighted by molar-refractivity contribution is -0.141. The summed E-state index contributed by atoms with van der Waals surface area (Å²) in [6.07, 6.45) is 1.18. The minimum atomic E-state index is -1.85. The van der Waals surface area contributed by atoms with E-state index < -0.39 is 29.2 Å². The smallest absolute Gasteiger partial charge is 0.256 e. The second-order valence-corrected chi connectivity index (χ2v) is 8.84. The Labute approximate surface area is 188 Å². The van der Waals surface area contributed by atoms with E-state index in [0.717, 1.165) is 25.3 Å². The molecule has 1 atom stereocenters. The van der Waals surface area contributed by atoms with Crippen molar-refractivity contribution in [2.45, 2.75) is 43.7 Å². The van der Waals surface area contributed by atoms with Crippen molar-refractivity contribution in [1.82, 2.24) is 14.9 Å². The van der Waals surface area contributed by atoms with E-state index in [2.05, 4.69) is 17.1 Å². The maximum Gasteiger partial charge on any atom is 0.256 e. The summed E-state index contributed by atoms with van der Waals surface area (Å²) >= 11 is 0. The maximum atomic E-state index is 14.0. The van der Waals surface area contributed by atoms with Gasteiger partial charge in [0.2, 0.25) is 0 Å². The van der Waals surface area contributed by atoms with Gasteiger partial charge in [0.1, 0.15) is 5.82 Å². The fourth-order valence-corrected chi connectivity index (χ4v) is 4.54. The van der Waals surface area contributed by atoms with Crippen molar-refractivity contribution in [1.29, 1.82) is 0 Å². The zero-order chi connectivity index (χ0) is 23.2. The summed E-state index contributed by atoms with van der Waals surface area (Å²) in [4.78, 5) is 34.7. The van der Waals surface area contributed by atoms with Crippen LogP contribution in [0.3, 0.4) is 0 Å². The standard InChI is InChI=1S/C25H23F2N3O3/c26-18-8-4-7-16(20(18)27)21(31)23(33)30-12-9-19-17(14-30)22(32)29-24(28-19)25(10-11-25)13-15-5-2-1-3-6-15/h1-8,21,31H,9-14H2,(H,28,29,32). The van der Waals surface area contributed by atoms with E-state index in [1.54, 1.807) is 0 Å². The number of benzene rings is 2. The molecule has 0 bridgehead atoms. The Kier molecular flexibility index (Phi) is 5.32. The van der Waals surface area contributed by atoms with Crippen molar-refractivity contribution in [3.05, 3.63) is 98.7 Å². The molecule has 170 valence electrons. The molecule has 3 aromatic rings. The highest BCUT2D eigenvalue weighted by atomic mass is 19.2. The van der Waals surface area contributed by atoms with Crippen LogP contribution in [0.1, 0.15) is 47.2 Å². The minimum absolute atomic E-state index is 0.0452. The van der Waals surface area contributed by atoms with Crippen molar-refractivity contribution in [3.8, 4) is 0 Å². The Morgan fingerprint density at radius 2 is 1.91 bits per heavy atom. The Bertz CT molecular complexity index is 1270. The molecule has 2 aliphatic rings. The summed E-state index contributed by atoms with van der Waals surface area (Å²) in [6, 6.07) is 13.4. The molecule has 5 rings (SSSR count). The number of carbonyl (C=O) groups excluding carboxylic acids is 1. The summed E-state index contributed by atoms with van der Waals surface area (Å²) in [5.74, 6) is -2.50. The third-order valence-corrected chi connectivity index (χ3v) is 6.63. The first-order valence-corrected chi connectivity index (χ1v) is 11.0. The quantitative estimate of drug-likeness (QED) is 0.625. The number of nitrogens with zero attached hydrogens (tertiary/aromatic N) is 2. The van der Waals surface area contributed by atoms with Crippen LogP contribution in [0.25, 0.3) is 0 Å². The van der Waals surface area contributed by atoms with Gasteiger partial charge < -0.3 is 15.0 Å². The molecule has 2 heterocycles. The molecule has 2 N–H and O–H groups in total. The van der Waals surface area contributed by atoms with Crippen LogP contribution in [0.2, 0.25) is 0 Å². The van der Waals surface area contributed by atoms with Crippen LogP contribution in [0.5, 0.6) is 0 Å². The molecule has 1 amide bonds. The zero-order valence-electron chi connectivity index (χ0n) is 17.9. The maximum absolute atomic E-state index is 14.0. The van der Waals surface area contributed by atoms with Gasteiger partial charge in [0.05, 0.1) is 17.8 Å². The van der Waals surface area contributed by atoms with Crippen LogP contribution in [0, 0.1) is 11.6 Å². The van der Waals surface area contributed by atoms with Crippen molar-refractivity contribution in [2.75, 3.05) is 6.54 Å². The van der Waals surface area contributed by atoms with Crippen molar-refractivity contribution in [3.63, 3.8) is 0 Å². The first-order chi connectivity index (χ1) is 15.9. The number of nitrogens with one attached hydrogen (secondary N) is 1. The van der Waals surface area contributed by atoms with Gasteiger partial charge >= 0.3 is 0 Å². The van der Waals surface area contributed by atoms with Gasteiger partial charge in [-0.3, -0.25) is 9.59 Å². The number of amides is 1. The Morgan fingerprint density at radius 1 is 1.15 bits per heavy atom. The highest BCUT2D eigenvalue weighted by molar-refractivity contribution is 5.82. The number of carbonyl (C=O) groups is 1. The number of aliphatic hydroxyl groups is 1. The molecule has 33 heavy (non-hydrogen) atoms. The summed E-state index contributed by atoms with van der Waals surface area (Å²) in [6.45, 7) is 0.178. The first kappa shape index (κ1) is 21.5. The number of halogens is 2. The minimum Gasteiger partial charge on any atom is -0.378 e. The van der Waals surface area contributed by atoms with E-state index in [1.807, 2.05) is 18.2 Å². The molecule has 8 heteroatoms. The topological polar surface area (TPSA) is 86.3 Å². The number of hydrogen-bond donors (Lipinski definition) is 2. The molecule has 1 unspecified atom stereocenters. The number of H-pyrrole nitrogens is 1. The summed E-state index contributed by atoms with van der Waals surface area (Å²) in [7, 11) is 0. The van der Waals surface area contributed by atoms with Gasteiger partial charge in [-0.2, -0.15) is 0 Å². The fourth-order valence-electron chi connectivity index (χ4n) is 4.54. The van der Waals surface area contributed by atoms with E-state index in [-0.39, 0.29) is 24.1 Å². The average Bonchev–Trinajstić information content (AvgIpc) is 3.61. The van der Waals surface area contributed by atoms with E-state index in [1.165, 1.54) is 22.6 Å². The largest absolute Gasteiger partial charge is 0.378 e. The van der Waals surface area contributed by atoms with Crippen molar-refractivity contribution in [2.24, 2.45) is 0 Å². The lowest BCUT2D eigenvalue weighted by Crippen LogP contribution is -2.42. The van der Waals surface area contributed by atoms with Crippen LogP contribution < -0.4 is 5.56 Å². The van der Waals surface area contributed by atoms with E-state index in [0.29, 0.717) is 23.5 Å². The predicted molar refractivity (Wildman–Crippen MR) is 116 cm³/mol. The Morgan fingerprint density at radius 3 is 2.64 bits per heavy atom. The lowest BCUT2D eigenvalue weighted by Gasteiger charge is -2.30. The van der Waals surface area contributed by atoms with Crippen LogP contribution >= 0.6 is 0 Å². The van der Waals surface area contributed by atoms with Crippen LogP contribution in [0.15, 0.2) is 53.3 Å². The zero-order valence-corrected chi connectivity index (χ0v) is 17.9. The van der Waals surface area contributed by atoms with Gasteiger partial charge in [-0.25, -0.2) is 13.8 Å². The molecule has 1 aliphatic carbocycles. The lowest BCUT2D eigenvalue weighted by atomic mass is 9.95. The SMILES string of the molecule is O=C(C(O)c1cccc(F)c1F)N1CCc2nc(C3(Cc4ccccc4)CC3)[nH]c(=O)c2C1. The van der Waals surface area contributed by atoms with Gasteiger partial charge in [0.15, 0.2) is 17.7 Å². The first-order valence-electron chi connectivity index (χ1n) is 11.0. The number of aliphatic hydroxyl groups excluding tert-OH is 1. The molecule has 0 spiro atoms. The molecule has 6 nitrogen and oxygen atoms in total. The summed E-state index contributed by atoms with van der Waals surface area (Å²) in [5.41, 5.74) is 1.28. The molecule has 1 fully saturated rings. The van der Waals surface area contributed by atoms with Gasteiger partial charge in [0, 0.05) is 23.9 Å². The molecular formula is C25H23F2N3O3. The monoisotopic (exact) mass is 451 g/mol. The van der Waals surface area contributed by atoms with E-state index in [4.69, 9.17) is 4.98 Å². The van der Waals surface area contributed by atoms with Gasteiger partial charge in [-0.15, -0.1) is 0 Å². The number of aromatic amines is 1. The molecular weight excluding hydrogens is 428 g/mol. The molecule has 0 saturated heterocycles. The molecule has 1 aromatic heterocycles. The Hall–Kier alpha value is -3.39. The van der Waals surface area contributed by atoms with Crippen LogP contribution in [-0.2, 0) is 29.6 Å². The number of fused-ring (bicyclic) bond motifs is 1. The van der Waals surface area contributed by atoms with Crippen molar-refractivity contribution < 1.29 is 18.7 Å². The van der Waals surface area contributed by atoms with Gasteiger partial charge in [-0.05, 0) is 30.9 Å². The third-order valence-electron chi connectivity index (χ3n) is 6.63. The van der Waals surface area contributed by atoms with Gasteiger partial charge in [-0.1, -0.05) is 42.5 Å². The average molecular weight is 451 g/mol. The fraction of sp³-hybridized carbons (Fsp3) is 0.320. The van der Waals surface area contributed by atoms with E-state index in [9.17, 15) is 23.5 Å². The molecule has 1 saturated carbocycles. The highest BCUT2D eigenvalue weighted by Gasteiger charge is 2.47. The highest BCUT2D eigenvalue weighted by Crippen LogP contribution is 2.49.